The SMILES string of the molecule is COC(=O)[C@H](NS(=O)(=O)c1ccc(-c2ccc(CSc3cc4ccccc4o3)cc2)cc1)C(C)C. The number of thioether (sulfide) groups is 1. The molecular formula is C27H27NO5S2. The second-order valence-corrected chi connectivity index (χ2v) is 11.2. The molecule has 1 heterocycles. The number of esters is 1. The molecular weight excluding hydrogens is 482 g/mol. The summed E-state index contributed by atoms with van der Waals surface area (Å²) >= 11 is 1.64. The van der Waals surface area contributed by atoms with E-state index in [0.717, 1.165) is 38.5 Å². The van der Waals surface area contributed by atoms with Crippen LogP contribution < -0.4 is 4.72 Å². The molecule has 0 spiro atoms. The standard InChI is InChI=1S/C27H27NO5S2/c1-18(2)26(27(29)32-3)28-35(30,31)23-14-12-21(13-15-23)20-10-8-19(9-11-20)17-34-25-16-22-6-4-5-7-24(22)33-25/h4-16,18,26,28H,17H2,1-3H3/t26-/m1/s1. The van der Waals surface area contributed by atoms with Crippen molar-refractivity contribution in [2.24, 2.45) is 5.92 Å². The quantitative estimate of drug-likeness (QED) is 0.224. The number of hydrogen-bond donors (Lipinski definition) is 1. The fourth-order valence-corrected chi connectivity index (χ4v) is 5.82. The van der Waals surface area contributed by atoms with E-state index in [1.54, 1.807) is 37.7 Å². The highest BCUT2D eigenvalue weighted by Crippen LogP contribution is 2.30. The van der Waals surface area contributed by atoms with Gasteiger partial charge in [0, 0.05) is 11.1 Å². The summed E-state index contributed by atoms with van der Waals surface area (Å²) in [5.41, 5.74) is 3.92. The molecule has 1 atom stereocenters. The van der Waals surface area contributed by atoms with Crippen molar-refractivity contribution in [3.05, 3.63) is 84.4 Å². The number of rotatable bonds is 9. The van der Waals surface area contributed by atoms with Gasteiger partial charge in [0.05, 0.1) is 12.0 Å². The first-order valence-corrected chi connectivity index (χ1v) is 13.6. The maximum Gasteiger partial charge on any atom is 0.324 e. The van der Waals surface area contributed by atoms with Crippen LogP contribution in [0.5, 0.6) is 0 Å². The third-order valence-electron chi connectivity index (χ3n) is 5.64. The molecule has 0 saturated carbocycles. The number of sulfonamides is 1. The minimum Gasteiger partial charge on any atom is -0.468 e. The third-order valence-corrected chi connectivity index (χ3v) is 8.06. The van der Waals surface area contributed by atoms with Crippen LogP contribution >= 0.6 is 11.8 Å². The maximum absolute atomic E-state index is 12.8. The summed E-state index contributed by atoms with van der Waals surface area (Å²) in [6.45, 7) is 3.51. The van der Waals surface area contributed by atoms with Crippen molar-refractivity contribution in [3.63, 3.8) is 0 Å². The number of nitrogens with one attached hydrogen (secondary N) is 1. The van der Waals surface area contributed by atoms with Gasteiger partial charge in [0.2, 0.25) is 10.0 Å². The number of fused-ring (bicyclic) bond motifs is 1. The first-order chi connectivity index (χ1) is 16.8. The Hall–Kier alpha value is -3.07. The Labute approximate surface area is 209 Å². The van der Waals surface area contributed by atoms with Gasteiger partial charge in [-0.3, -0.25) is 4.79 Å². The van der Waals surface area contributed by atoms with Crippen LogP contribution in [-0.2, 0) is 25.3 Å². The molecule has 0 saturated heterocycles. The minimum atomic E-state index is -3.87. The van der Waals surface area contributed by atoms with E-state index < -0.39 is 22.0 Å². The zero-order valence-corrected chi connectivity index (χ0v) is 21.4. The lowest BCUT2D eigenvalue weighted by Gasteiger charge is -2.19. The largest absolute Gasteiger partial charge is 0.468 e. The van der Waals surface area contributed by atoms with Gasteiger partial charge in [-0.15, -0.1) is 0 Å². The number of para-hydroxylation sites is 1. The van der Waals surface area contributed by atoms with Crippen LogP contribution in [0.1, 0.15) is 19.4 Å². The molecule has 6 nitrogen and oxygen atoms in total. The first-order valence-electron chi connectivity index (χ1n) is 11.2. The number of benzene rings is 3. The van der Waals surface area contributed by atoms with Crippen LogP contribution in [0.4, 0.5) is 0 Å². The molecule has 0 amide bonds. The molecule has 4 rings (SSSR count). The second-order valence-electron chi connectivity index (χ2n) is 8.48. The highest BCUT2D eigenvalue weighted by molar-refractivity contribution is 7.98. The average Bonchev–Trinajstić information content (AvgIpc) is 3.29. The summed E-state index contributed by atoms with van der Waals surface area (Å²) in [5.74, 6) is -0.0843. The highest BCUT2D eigenvalue weighted by Gasteiger charge is 2.29. The predicted molar refractivity (Wildman–Crippen MR) is 139 cm³/mol. The van der Waals surface area contributed by atoms with E-state index in [0.29, 0.717) is 0 Å². The Balaban J connectivity index is 1.41. The number of hydrogen-bond acceptors (Lipinski definition) is 6. The fourth-order valence-electron chi connectivity index (χ4n) is 3.62. The average molecular weight is 510 g/mol. The number of carbonyl (C=O) groups excluding carboxylic acids is 1. The smallest absolute Gasteiger partial charge is 0.324 e. The monoisotopic (exact) mass is 509 g/mol. The van der Waals surface area contributed by atoms with Gasteiger partial charge in [-0.1, -0.05) is 80.2 Å². The van der Waals surface area contributed by atoms with Gasteiger partial charge in [-0.2, -0.15) is 4.72 Å². The summed E-state index contributed by atoms with van der Waals surface area (Å²) in [7, 11) is -2.63. The number of methoxy groups -OCH3 is 1. The molecule has 0 fully saturated rings. The van der Waals surface area contributed by atoms with Gasteiger partial charge in [0.15, 0.2) is 5.09 Å². The zero-order valence-electron chi connectivity index (χ0n) is 19.7. The summed E-state index contributed by atoms with van der Waals surface area (Å²) in [6, 6.07) is 23.8. The van der Waals surface area contributed by atoms with E-state index in [9.17, 15) is 13.2 Å². The van der Waals surface area contributed by atoms with Crippen molar-refractivity contribution in [2.75, 3.05) is 7.11 Å². The zero-order chi connectivity index (χ0) is 25.0. The molecule has 0 unspecified atom stereocenters. The van der Waals surface area contributed by atoms with Crippen molar-refractivity contribution in [1.29, 1.82) is 0 Å². The van der Waals surface area contributed by atoms with Crippen LogP contribution in [0.2, 0.25) is 0 Å². The van der Waals surface area contributed by atoms with E-state index in [2.05, 4.69) is 16.9 Å². The molecule has 3 aromatic carbocycles. The Morgan fingerprint density at radius 3 is 2.20 bits per heavy atom. The molecule has 1 N–H and O–H groups in total. The van der Waals surface area contributed by atoms with Gasteiger partial charge in [-0.05, 0) is 46.9 Å². The van der Waals surface area contributed by atoms with Gasteiger partial charge in [0.1, 0.15) is 11.6 Å². The van der Waals surface area contributed by atoms with Crippen LogP contribution in [0, 0.1) is 5.92 Å². The Kier molecular flexibility index (Phi) is 7.64. The molecule has 0 bridgehead atoms. The lowest BCUT2D eigenvalue weighted by atomic mass is 10.0. The van der Waals surface area contributed by atoms with Crippen LogP contribution in [0.25, 0.3) is 22.1 Å². The summed E-state index contributed by atoms with van der Waals surface area (Å²) in [4.78, 5) is 12.0. The van der Waals surface area contributed by atoms with Gasteiger partial charge in [-0.25, -0.2) is 8.42 Å². The number of carbonyl (C=O) groups is 1. The molecule has 0 aliphatic carbocycles. The van der Waals surface area contributed by atoms with E-state index in [1.165, 1.54) is 19.2 Å². The van der Waals surface area contributed by atoms with Gasteiger partial charge < -0.3 is 9.15 Å². The summed E-state index contributed by atoms with van der Waals surface area (Å²) in [5, 5.41) is 1.98. The van der Waals surface area contributed by atoms with Gasteiger partial charge in [0.25, 0.3) is 0 Å². The van der Waals surface area contributed by atoms with E-state index in [1.807, 2.05) is 42.5 Å². The molecule has 182 valence electrons. The summed E-state index contributed by atoms with van der Waals surface area (Å²) in [6.07, 6.45) is 0. The second kappa shape index (κ2) is 10.7. The van der Waals surface area contributed by atoms with E-state index >= 15 is 0 Å². The predicted octanol–water partition coefficient (Wildman–Crippen LogP) is 5.87. The Morgan fingerprint density at radius 1 is 0.971 bits per heavy atom. The van der Waals surface area contributed by atoms with Crippen LogP contribution in [-0.4, -0.2) is 27.5 Å². The van der Waals surface area contributed by atoms with Crippen molar-refractivity contribution in [3.8, 4) is 11.1 Å². The Morgan fingerprint density at radius 2 is 1.60 bits per heavy atom. The van der Waals surface area contributed by atoms with Crippen LogP contribution in [0.3, 0.4) is 0 Å². The van der Waals surface area contributed by atoms with Gasteiger partial charge >= 0.3 is 5.97 Å². The molecule has 0 aliphatic rings. The molecule has 4 aromatic rings. The normalized spacial score (nSPS) is 12.7. The molecule has 0 aliphatic heterocycles. The number of ether oxygens (including phenoxy) is 1. The van der Waals surface area contributed by atoms with E-state index in [4.69, 9.17) is 9.15 Å². The lowest BCUT2D eigenvalue weighted by molar-refractivity contribution is -0.143. The molecule has 0 radical (unpaired) electrons. The molecule has 1 aromatic heterocycles. The number of furan rings is 1. The van der Waals surface area contributed by atoms with Crippen LogP contribution in [0.15, 0.2) is 93.3 Å². The lowest BCUT2D eigenvalue weighted by Crippen LogP contribution is -2.44. The molecule has 35 heavy (non-hydrogen) atoms. The first kappa shape index (κ1) is 25.0. The third kappa shape index (κ3) is 5.96. The fraction of sp³-hybridized carbons (Fsp3) is 0.222. The van der Waals surface area contributed by atoms with Crippen molar-refractivity contribution < 1.29 is 22.4 Å². The van der Waals surface area contributed by atoms with Crippen molar-refractivity contribution in [2.45, 2.75) is 35.6 Å². The minimum absolute atomic E-state index is 0.0923. The maximum atomic E-state index is 12.8. The Bertz CT molecular complexity index is 1380. The highest BCUT2D eigenvalue weighted by atomic mass is 32.2. The van der Waals surface area contributed by atoms with E-state index in [-0.39, 0.29) is 10.8 Å². The molecule has 8 heteroatoms. The van der Waals surface area contributed by atoms with Crippen molar-refractivity contribution in [1.82, 2.24) is 4.72 Å². The van der Waals surface area contributed by atoms with Crippen molar-refractivity contribution >= 4 is 38.7 Å². The summed E-state index contributed by atoms with van der Waals surface area (Å²) < 4.78 is 38.6. The topological polar surface area (TPSA) is 85.6 Å².